The number of amides is 1. The number of hydrogen-bond donors (Lipinski definition) is 1. The number of benzene rings is 1. The summed E-state index contributed by atoms with van der Waals surface area (Å²) in [6.07, 6.45) is -8.22. The Kier molecular flexibility index (Phi) is 6.17. The number of aromatic nitrogens is 1. The monoisotopic (exact) mass is 394 g/mol. The largest absolute Gasteiger partial charge is 0.417 e. The van der Waals surface area contributed by atoms with Crippen molar-refractivity contribution in [3.8, 4) is 0 Å². The van der Waals surface area contributed by atoms with Gasteiger partial charge in [0.05, 0.1) is 21.9 Å². The summed E-state index contributed by atoms with van der Waals surface area (Å²) in [4.78, 5) is 15.3. The molecule has 3 nitrogen and oxygen atoms in total. The lowest BCUT2D eigenvalue weighted by molar-refractivity contribution is -0.138. The van der Waals surface area contributed by atoms with Crippen LogP contribution in [-0.4, -0.2) is 16.6 Å². The van der Waals surface area contributed by atoms with E-state index in [1.54, 1.807) is 0 Å². The fourth-order valence-corrected chi connectivity index (χ4v) is 2.51. The molecule has 0 spiro atoms. The highest BCUT2D eigenvalue weighted by atomic mass is 32.2. The Hall–Kier alpha value is -2.23. The van der Waals surface area contributed by atoms with E-state index in [2.05, 4.69) is 10.3 Å². The van der Waals surface area contributed by atoms with Crippen LogP contribution in [0.15, 0.2) is 47.6 Å². The topological polar surface area (TPSA) is 42.0 Å². The molecule has 0 atom stereocenters. The van der Waals surface area contributed by atoms with E-state index in [4.69, 9.17) is 0 Å². The number of nitrogens with zero attached hydrogens (tertiary/aromatic N) is 1. The first-order valence-electron chi connectivity index (χ1n) is 7.14. The summed E-state index contributed by atoms with van der Waals surface area (Å²) in [5, 5.41) is 2.77. The molecular formula is C16H12F6N2OS. The minimum atomic E-state index is -4.48. The smallest absolute Gasteiger partial charge is 0.351 e. The van der Waals surface area contributed by atoms with Gasteiger partial charge >= 0.3 is 12.4 Å². The Labute approximate surface area is 148 Å². The third kappa shape index (κ3) is 5.94. The van der Waals surface area contributed by atoms with Crippen LogP contribution < -0.4 is 5.32 Å². The van der Waals surface area contributed by atoms with E-state index in [9.17, 15) is 31.1 Å². The highest BCUT2D eigenvalue weighted by Gasteiger charge is 2.31. The molecule has 1 heterocycles. The maximum absolute atomic E-state index is 12.4. The predicted octanol–water partition coefficient (Wildman–Crippen LogP) is 4.53. The number of alkyl halides is 6. The van der Waals surface area contributed by atoms with Crippen LogP contribution in [0.5, 0.6) is 0 Å². The molecule has 0 saturated carbocycles. The Morgan fingerprint density at radius 3 is 2.00 bits per heavy atom. The number of hydrogen-bond acceptors (Lipinski definition) is 3. The first-order valence-corrected chi connectivity index (χ1v) is 8.13. The van der Waals surface area contributed by atoms with Gasteiger partial charge in [0.15, 0.2) is 0 Å². The zero-order valence-electron chi connectivity index (χ0n) is 13.0. The van der Waals surface area contributed by atoms with E-state index >= 15 is 0 Å². The first-order chi connectivity index (χ1) is 12.1. The van der Waals surface area contributed by atoms with Crippen LogP contribution in [0.25, 0.3) is 0 Å². The molecule has 0 fully saturated rings. The number of rotatable bonds is 5. The third-order valence-electron chi connectivity index (χ3n) is 3.19. The van der Waals surface area contributed by atoms with Gasteiger partial charge in [0.1, 0.15) is 0 Å². The Bertz CT molecular complexity index is 678. The molecule has 26 heavy (non-hydrogen) atoms. The highest BCUT2D eigenvalue weighted by Crippen LogP contribution is 2.30. The molecule has 0 aliphatic heterocycles. The molecule has 1 aromatic heterocycles. The van der Waals surface area contributed by atoms with Crippen LogP contribution in [-0.2, 0) is 23.7 Å². The molecule has 1 N–H and O–H groups in total. The molecule has 0 bridgehead atoms. The van der Waals surface area contributed by atoms with Crippen LogP contribution in [0.1, 0.15) is 16.7 Å². The van der Waals surface area contributed by atoms with Crippen molar-refractivity contribution in [1.29, 1.82) is 0 Å². The number of nitrogens with one attached hydrogen (secondary N) is 1. The molecule has 1 aromatic carbocycles. The molecule has 1 amide bonds. The first kappa shape index (κ1) is 20.1. The molecule has 0 aliphatic carbocycles. The van der Waals surface area contributed by atoms with Gasteiger partial charge in [-0.2, -0.15) is 26.3 Å². The summed E-state index contributed by atoms with van der Waals surface area (Å²) in [6.45, 7) is 0.0397. The van der Waals surface area contributed by atoms with Crippen LogP contribution in [0.2, 0.25) is 0 Å². The lowest BCUT2D eigenvalue weighted by atomic mass is 10.1. The van der Waals surface area contributed by atoms with E-state index in [0.717, 1.165) is 36.0 Å². The number of halogens is 6. The number of thioether (sulfide) groups is 1. The van der Waals surface area contributed by atoms with Gasteiger partial charge in [-0.25, -0.2) is 4.98 Å². The quantitative estimate of drug-likeness (QED) is 0.599. The fourth-order valence-electron chi connectivity index (χ4n) is 1.84. The summed E-state index contributed by atoms with van der Waals surface area (Å²) < 4.78 is 74.6. The minimum absolute atomic E-state index is 0.0397. The molecule has 0 radical (unpaired) electrons. The van der Waals surface area contributed by atoms with Gasteiger partial charge < -0.3 is 5.32 Å². The zero-order chi connectivity index (χ0) is 19.4. The standard InChI is InChI=1S/C16H12F6N2OS/c17-15(18,19)11-3-1-10(2-4-11)7-23-13(25)9-26-14-6-5-12(8-24-14)16(20,21)22/h1-6,8H,7,9H2,(H,23,25). The zero-order valence-corrected chi connectivity index (χ0v) is 13.8. The molecular weight excluding hydrogens is 382 g/mol. The van der Waals surface area contributed by atoms with Crippen molar-refractivity contribution in [3.05, 3.63) is 59.3 Å². The molecule has 0 aliphatic rings. The number of pyridine rings is 1. The lowest BCUT2D eigenvalue weighted by Crippen LogP contribution is -2.24. The SMILES string of the molecule is O=C(CSc1ccc(C(F)(F)F)cn1)NCc1ccc(C(F)(F)F)cc1. The second-order valence-corrected chi connectivity index (χ2v) is 6.14. The van der Waals surface area contributed by atoms with E-state index < -0.39 is 29.4 Å². The van der Waals surface area contributed by atoms with Crippen LogP contribution in [0.4, 0.5) is 26.3 Å². The van der Waals surface area contributed by atoms with E-state index in [-0.39, 0.29) is 17.3 Å². The molecule has 10 heteroatoms. The second-order valence-electron chi connectivity index (χ2n) is 5.14. The third-order valence-corrected chi connectivity index (χ3v) is 4.13. The Balaban J connectivity index is 1.80. The van der Waals surface area contributed by atoms with Gasteiger partial charge in [-0.3, -0.25) is 4.79 Å². The maximum atomic E-state index is 12.4. The van der Waals surface area contributed by atoms with Gasteiger partial charge in [0, 0.05) is 12.7 Å². The summed E-state index contributed by atoms with van der Waals surface area (Å²) >= 11 is 0.950. The average molecular weight is 394 g/mol. The summed E-state index contributed by atoms with van der Waals surface area (Å²) in [6, 6.07) is 6.39. The van der Waals surface area contributed by atoms with E-state index in [1.165, 1.54) is 12.1 Å². The number of carbonyl (C=O) groups excluding carboxylic acids is 1. The normalized spacial score (nSPS) is 12.1. The number of carbonyl (C=O) groups is 1. The van der Waals surface area contributed by atoms with Gasteiger partial charge in [0.25, 0.3) is 0 Å². The Morgan fingerprint density at radius 1 is 0.923 bits per heavy atom. The van der Waals surface area contributed by atoms with Crippen molar-refractivity contribution < 1.29 is 31.1 Å². The van der Waals surface area contributed by atoms with Gasteiger partial charge in [-0.05, 0) is 29.8 Å². The summed E-state index contributed by atoms with van der Waals surface area (Å²) in [5.41, 5.74) is -1.17. The second kappa shape index (κ2) is 7.98. The predicted molar refractivity (Wildman–Crippen MR) is 83.3 cm³/mol. The van der Waals surface area contributed by atoms with Crippen molar-refractivity contribution in [2.75, 3.05) is 5.75 Å². The summed E-state index contributed by atoms with van der Waals surface area (Å²) in [7, 11) is 0. The van der Waals surface area contributed by atoms with Gasteiger partial charge in [-0.15, -0.1) is 0 Å². The Morgan fingerprint density at radius 2 is 1.50 bits per heavy atom. The molecule has 2 rings (SSSR count). The molecule has 2 aromatic rings. The van der Waals surface area contributed by atoms with Crippen molar-refractivity contribution in [2.45, 2.75) is 23.9 Å². The molecule has 140 valence electrons. The van der Waals surface area contributed by atoms with E-state index in [1.807, 2.05) is 0 Å². The maximum Gasteiger partial charge on any atom is 0.417 e. The van der Waals surface area contributed by atoms with Crippen LogP contribution in [0, 0.1) is 0 Å². The van der Waals surface area contributed by atoms with Crippen molar-refractivity contribution in [1.82, 2.24) is 10.3 Å². The average Bonchev–Trinajstić information content (AvgIpc) is 2.57. The van der Waals surface area contributed by atoms with Crippen molar-refractivity contribution >= 4 is 17.7 Å². The minimum Gasteiger partial charge on any atom is -0.351 e. The lowest BCUT2D eigenvalue weighted by Gasteiger charge is -2.09. The van der Waals surface area contributed by atoms with Crippen molar-refractivity contribution in [2.24, 2.45) is 0 Å². The van der Waals surface area contributed by atoms with Gasteiger partial charge in [-0.1, -0.05) is 23.9 Å². The van der Waals surface area contributed by atoms with Crippen LogP contribution in [0.3, 0.4) is 0 Å². The highest BCUT2D eigenvalue weighted by molar-refractivity contribution is 7.99. The molecule has 0 saturated heterocycles. The van der Waals surface area contributed by atoms with Gasteiger partial charge in [0.2, 0.25) is 5.91 Å². The van der Waals surface area contributed by atoms with E-state index in [0.29, 0.717) is 11.8 Å². The molecule has 0 unspecified atom stereocenters. The summed E-state index contributed by atoms with van der Waals surface area (Å²) in [5.74, 6) is -0.504. The van der Waals surface area contributed by atoms with Crippen LogP contribution >= 0.6 is 11.8 Å². The van der Waals surface area contributed by atoms with Crippen molar-refractivity contribution in [3.63, 3.8) is 0 Å². The fraction of sp³-hybridized carbons (Fsp3) is 0.250.